The minimum absolute atomic E-state index is 0.265. The summed E-state index contributed by atoms with van der Waals surface area (Å²) in [5.74, 6) is 0. The number of carbonyl (C=O) groups excluding carboxylic acids is 1. The summed E-state index contributed by atoms with van der Waals surface area (Å²) in [5, 5.41) is 6.40. The number of carbonyl (C=O) groups is 1. The number of halogens is 1. The molecule has 0 radical (unpaired) electrons. The lowest BCUT2D eigenvalue weighted by molar-refractivity contribution is 0.253. The van der Waals surface area contributed by atoms with Gasteiger partial charge in [0, 0.05) is 21.8 Å². The maximum atomic E-state index is 11.6. The molecule has 0 atom stereocenters. The lowest BCUT2D eigenvalue weighted by Gasteiger charge is -2.07. The van der Waals surface area contributed by atoms with Crippen LogP contribution in [0.2, 0.25) is 0 Å². The van der Waals surface area contributed by atoms with Gasteiger partial charge < -0.3 is 10.6 Å². The van der Waals surface area contributed by atoms with Gasteiger partial charge in [-0.15, -0.1) is 0 Å². The van der Waals surface area contributed by atoms with Crippen molar-refractivity contribution in [2.45, 2.75) is 0 Å². The number of hydrogen-bond donors (Lipinski definition) is 2. The Labute approximate surface area is 113 Å². The van der Waals surface area contributed by atoms with Crippen LogP contribution in [0.25, 0.3) is 10.9 Å². The van der Waals surface area contributed by atoms with E-state index in [9.17, 15) is 4.79 Å². The Bertz CT molecular complexity index is 598. The summed E-state index contributed by atoms with van der Waals surface area (Å²) in [6.45, 7) is 4.03. The molecule has 0 unspecified atom stereocenters. The molecule has 2 N–H and O–H groups in total. The molecule has 5 heteroatoms. The van der Waals surface area contributed by atoms with Gasteiger partial charge in [0.2, 0.25) is 0 Å². The molecule has 1 aromatic carbocycles. The van der Waals surface area contributed by atoms with Gasteiger partial charge in [-0.2, -0.15) is 0 Å². The van der Waals surface area contributed by atoms with Crippen molar-refractivity contribution in [3.8, 4) is 0 Å². The predicted molar refractivity (Wildman–Crippen MR) is 76.8 cm³/mol. The highest BCUT2D eigenvalue weighted by atomic mass is 79.9. The Morgan fingerprint density at radius 2 is 2.22 bits per heavy atom. The molecular weight excluding hydrogens is 294 g/mol. The Morgan fingerprint density at radius 3 is 3.00 bits per heavy atom. The summed E-state index contributed by atoms with van der Waals surface area (Å²) in [5.41, 5.74) is 1.63. The fraction of sp³-hybridized carbons (Fsp3) is 0.0769. The molecule has 0 aliphatic rings. The molecule has 0 aliphatic carbocycles. The van der Waals surface area contributed by atoms with E-state index in [1.54, 1.807) is 6.20 Å². The number of aromatic nitrogens is 1. The largest absolute Gasteiger partial charge is 0.333 e. The molecule has 0 aliphatic heterocycles. The molecular formula is C13H12BrN3O. The molecule has 1 aromatic heterocycles. The second kappa shape index (κ2) is 5.64. The second-order valence-corrected chi connectivity index (χ2v) is 4.86. The van der Waals surface area contributed by atoms with Gasteiger partial charge in [0.15, 0.2) is 0 Å². The molecule has 18 heavy (non-hydrogen) atoms. The average molecular weight is 306 g/mol. The van der Waals surface area contributed by atoms with E-state index in [1.807, 2.05) is 30.3 Å². The maximum absolute atomic E-state index is 11.6. The fourth-order valence-electron chi connectivity index (χ4n) is 1.50. The van der Waals surface area contributed by atoms with Crippen molar-refractivity contribution in [2.24, 2.45) is 0 Å². The number of anilines is 1. The highest BCUT2D eigenvalue weighted by Crippen LogP contribution is 2.16. The van der Waals surface area contributed by atoms with Crippen LogP contribution in [0, 0.1) is 0 Å². The van der Waals surface area contributed by atoms with Crippen LogP contribution in [-0.2, 0) is 0 Å². The summed E-state index contributed by atoms with van der Waals surface area (Å²) in [6.07, 6.45) is 1.74. The fourth-order valence-corrected chi connectivity index (χ4v) is 1.65. The molecule has 0 spiro atoms. The van der Waals surface area contributed by atoms with Gasteiger partial charge in [0.05, 0.1) is 12.1 Å². The summed E-state index contributed by atoms with van der Waals surface area (Å²) < 4.78 is 0.723. The van der Waals surface area contributed by atoms with Crippen molar-refractivity contribution in [1.82, 2.24) is 10.3 Å². The Balaban J connectivity index is 2.07. The van der Waals surface area contributed by atoms with E-state index < -0.39 is 0 Å². The maximum Gasteiger partial charge on any atom is 0.319 e. The SMILES string of the molecule is C=C(Br)CNC(=O)Nc1ccc2ncccc2c1. The second-order valence-electron chi connectivity index (χ2n) is 3.74. The number of nitrogens with zero attached hydrogens (tertiary/aromatic N) is 1. The van der Waals surface area contributed by atoms with E-state index in [1.165, 1.54) is 0 Å². The number of amides is 2. The molecule has 0 saturated carbocycles. The molecule has 0 saturated heterocycles. The van der Waals surface area contributed by atoms with Crippen LogP contribution in [0.5, 0.6) is 0 Å². The molecule has 0 bridgehead atoms. The van der Waals surface area contributed by atoms with Gasteiger partial charge in [-0.3, -0.25) is 4.98 Å². The van der Waals surface area contributed by atoms with Gasteiger partial charge in [0.1, 0.15) is 0 Å². The summed E-state index contributed by atoms with van der Waals surface area (Å²) >= 11 is 3.18. The Hall–Kier alpha value is -1.88. The lowest BCUT2D eigenvalue weighted by atomic mass is 10.2. The highest BCUT2D eigenvalue weighted by Gasteiger charge is 2.02. The van der Waals surface area contributed by atoms with Crippen LogP contribution >= 0.6 is 15.9 Å². The monoisotopic (exact) mass is 305 g/mol. The number of hydrogen-bond acceptors (Lipinski definition) is 2. The van der Waals surface area contributed by atoms with E-state index in [0.29, 0.717) is 6.54 Å². The van der Waals surface area contributed by atoms with Crippen LogP contribution in [0.15, 0.2) is 47.6 Å². The van der Waals surface area contributed by atoms with Crippen molar-refractivity contribution in [3.05, 3.63) is 47.6 Å². The van der Waals surface area contributed by atoms with E-state index in [0.717, 1.165) is 21.1 Å². The van der Waals surface area contributed by atoms with Crippen molar-refractivity contribution < 1.29 is 4.79 Å². The van der Waals surface area contributed by atoms with Gasteiger partial charge in [-0.05, 0) is 24.3 Å². The minimum atomic E-state index is -0.265. The summed E-state index contributed by atoms with van der Waals surface area (Å²) in [6, 6.07) is 9.11. The molecule has 2 amide bonds. The zero-order valence-electron chi connectivity index (χ0n) is 9.61. The number of nitrogens with one attached hydrogen (secondary N) is 2. The first kappa shape index (κ1) is 12.6. The van der Waals surface area contributed by atoms with Gasteiger partial charge in [-0.25, -0.2) is 4.79 Å². The molecule has 4 nitrogen and oxygen atoms in total. The third-order valence-electron chi connectivity index (χ3n) is 2.30. The first-order valence-corrected chi connectivity index (χ1v) is 6.17. The quantitative estimate of drug-likeness (QED) is 0.914. The Kier molecular flexibility index (Phi) is 3.94. The van der Waals surface area contributed by atoms with Gasteiger partial charge >= 0.3 is 6.03 Å². The smallest absolute Gasteiger partial charge is 0.319 e. The normalized spacial score (nSPS) is 10.1. The van der Waals surface area contributed by atoms with E-state index in [2.05, 4.69) is 38.1 Å². The number of urea groups is 1. The van der Waals surface area contributed by atoms with Crippen LogP contribution in [0.4, 0.5) is 10.5 Å². The third kappa shape index (κ3) is 3.30. The average Bonchev–Trinajstić information content (AvgIpc) is 2.36. The first-order chi connectivity index (χ1) is 8.65. The topological polar surface area (TPSA) is 54.0 Å². The van der Waals surface area contributed by atoms with E-state index in [4.69, 9.17) is 0 Å². The first-order valence-electron chi connectivity index (χ1n) is 5.38. The van der Waals surface area contributed by atoms with Crippen LogP contribution in [0.1, 0.15) is 0 Å². The third-order valence-corrected chi connectivity index (χ3v) is 2.58. The number of rotatable bonds is 3. The predicted octanol–water partition coefficient (Wildman–Crippen LogP) is 3.26. The van der Waals surface area contributed by atoms with E-state index >= 15 is 0 Å². The van der Waals surface area contributed by atoms with Crippen molar-refractivity contribution >= 4 is 38.6 Å². The zero-order chi connectivity index (χ0) is 13.0. The van der Waals surface area contributed by atoms with Crippen molar-refractivity contribution in [3.63, 3.8) is 0 Å². The van der Waals surface area contributed by atoms with Crippen LogP contribution in [0.3, 0.4) is 0 Å². The lowest BCUT2D eigenvalue weighted by Crippen LogP contribution is -2.29. The summed E-state index contributed by atoms with van der Waals surface area (Å²) in [4.78, 5) is 15.8. The van der Waals surface area contributed by atoms with Crippen molar-refractivity contribution in [2.75, 3.05) is 11.9 Å². The number of pyridine rings is 1. The van der Waals surface area contributed by atoms with Gasteiger partial charge in [-0.1, -0.05) is 28.6 Å². The summed E-state index contributed by atoms with van der Waals surface area (Å²) in [7, 11) is 0. The molecule has 1 heterocycles. The minimum Gasteiger partial charge on any atom is -0.333 e. The molecule has 2 rings (SSSR count). The standard InChI is InChI=1S/C13H12BrN3O/c1-9(14)8-16-13(18)17-11-4-5-12-10(7-11)3-2-6-15-12/h2-7H,1,8H2,(H2,16,17,18). The number of fused-ring (bicyclic) bond motifs is 1. The van der Waals surface area contributed by atoms with E-state index in [-0.39, 0.29) is 6.03 Å². The Morgan fingerprint density at radius 1 is 1.39 bits per heavy atom. The molecule has 2 aromatic rings. The van der Waals surface area contributed by atoms with Crippen LogP contribution < -0.4 is 10.6 Å². The number of benzene rings is 1. The highest BCUT2D eigenvalue weighted by molar-refractivity contribution is 9.11. The van der Waals surface area contributed by atoms with Gasteiger partial charge in [0.25, 0.3) is 0 Å². The van der Waals surface area contributed by atoms with Crippen LogP contribution in [-0.4, -0.2) is 17.6 Å². The molecule has 92 valence electrons. The van der Waals surface area contributed by atoms with Crippen molar-refractivity contribution in [1.29, 1.82) is 0 Å². The molecule has 0 fully saturated rings. The zero-order valence-corrected chi connectivity index (χ0v) is 11.2.